The first-order chi connectivity index (χ1) is 13.3. The van der Waals surface area contributed by atoms with Gasteiger partial charge in [0.05, 0.1) is 6.42 Å². The molecule has 0 atom stereocenters. The number of carbonyl (C=O) groups is 4. The van der Waals surface area contributed by atoms with Crippen LogP contribution in [-0.2, 0) is 20.7 Å². The third-order valence-corrected chi connectivity index (χ3v) is 5.55. The zero-order valence-electron chi connectivity index (χ0n) is 15.8. The first-order valence-electron chi connectivity index (χ1n) is 9.05. The fraction of sp³-hybridized carbons (Fsp3) is 0.333. The summed E-state index contributed by atoms with van der Waals surface area (Å²) in [5, 5.41) is 2.76. The van der Waals surface area contributed by atoms with Crippen LogP contribution in [-0.4, -0.2) is 30.0 Å². The highest BCUT2D eigenvalue weighted by atomic mass is 32.1. The summed E-state index contributed by atoms with van der Waals surface area (Å²) >= 11 is 1.55. The van der Waals surface area contributed by atoms with Crippen LogP contribution in [0, 0.1) is 13.8 Å². The van der Waals surface area contributed by atoms with Gasteiger partial charge in [0.25, 0.3) is 0 Å². The van der Waals surface area contributed by atoms with Gasteiger partial charge in [-0.15, -0.1) is 11.3 Å². The van der Waals surface area contributed by atoms with Crippen LogP contribution < -0.4 is 5.32 Å². The molecule has 3 rings (SSSR count). The predicted molar refractivity (Wildman–Crippen MR) is 106 cm³/mol. The van der Waals surface area contributed by atoms with E-state index in [2.05, 4.69) is 5.32 Å². The van der Waals surface area contributed by atoms with Crippen LogP contribution in [0.3, 0.4) is 0 Å². The topological polar surface area (TPSA) is 89.5 Å². The van der Waals surface area contributed by atoms with E-state index >= 15 is 0 Å². The van der Waals surface area contributed by atoms with E-state index in [1.54, 1.807) is 29.5 Å². The fourth-order valence-electron chi connectivity index (χ4n) is 3.12. The molecule has 2 aromatic rings. The highest BCUT2D eigenvalue weighted by molar-refractivity contribution is 7.12. The van der Waals surface area contributed by atoms with Gasteiger partial charge >= 0.3 is 5.97 Å². The van der Waals surface area contributed by atoms with Crippen LogP contribution in [0.15, 0.2) is 24.3 Å². The van der Waals surface area contributed by atoms with Crippen LogP contribution in [0.2, 0.25) is 0 Å². The highest BCUT2D eigenvalue weighted by Crippen LogP contribution is 2.24. The second kappa shape index (κ2) is 8.48. The molecule has 7 heteroatoms. The van der Waals surface area contributed by atoms with E-state index in [1.807, 2.05) is 19.9 Å². The van der Waals surface area contributed by atoms with E-state index in [1.165, 1.54) is 0 Å². The minimum absolute atomic E-state index is 0.0390. The SMILES string of the molecule is Cc1cc(C(=O)CCC(=O)OCC(=O)c2ccc3c(c2)CCC(=O)N3)c(C)s1. The lowest BCUT2D eigenvalue weighted by Crippen LogP contribution is -2.20. The van der Waals surface area contributed by atoms with Crippen molar-refractivity contribution >= 4 is 40.5 Å². The lowest BCUT2D eigenvalue weighted by atomic mass is 9.99. The Kier molecular flexibility index (Phi) is 6.04. The Morgan fingerprint density at radius 3 is 2.57 bits per heavy atom. The molecule has 1 aromatic heterocycles. The monoisotopic (exact) mass is 399 g/mol. The van der Waals surface area contributed by atoms with Gasteiger partial charge in [-0.2, -0.15) is 0 Å². The molecule has 0 saturated carbocycles. The first-order valence-corrected chi connectivity index (χ1v) is 9.87. The summed E-state index contributed by atoms with van der Waals surface area (Å²) in [4.78, 5) is 49.8. The number of fused-ring (bicyclic) bond motifs is 1. The number of amides is 1. The average molecular weight is 399 g/mol. The number of rotatable bonds is 7. The molecule has 1 amide bonds. The van der Waals surface area contributed by atoms with Crippen molar-refractivity contribution in [3.05, 3.63) is 50.7 Å². The minimum Gasteiger partial charge on any atom is -0.457 e. The summed E-state index contributed by atoms with van der Waals surface area (Å²) < 4.78 is 5.03. The molecular formula is C21H21NO5S. The van der Waals surface area contributed by atoms with Crippen molar-refractivity contribution in [1.29, 1.82) is 0 Å². The second-order valence-corrected chi connectivity index (χ2v) is 8.21. The number of nitrogens with one attached hydrogen (secondary N) is 1. The van der Waals surface area contributed by atoms with E-state index in [0.717, 1.165) is 15.3 Å². The number of ketones is 2. The number of anilines is 1. The van der Waals surface area contributed by atoms with Gasteiger partial charge in [-0.3, -0.25) is 19.2 Å². The minimum atomic E-state index is -0.573. The Labute approximate surface area is 166 Å². The molecule has 0 saturated heterocycles. The third kappa shape index (κ3) is 4.72. The van der Waals surface area contributed by atoms with Crippen LogP contribution in [0.1, 0.15) is 55.3 Å². The summed E-state index contributed by atoms with van der Waals surface area (Å²) in [6.45, 7) is 3.45. The molecule has 0 aliphatic carbocycles. The number of benzene rings is 1. The number of ether oxygens (including phenoxy) is 1. The van der Waals surface area contributed by atoms with E-state index in [9.17, 15) is 19.2 Å². The predicted octanol–water partition coefficient (Wildman–Crippen LogP) is 3.64. The van der Waals surface area contributed by atoms with E-state index in [0.29, 0.717) is 29.7 Å². The maximum Gasteiger partial charge on any atom is 0.306 e. The molecule has 1 aliphatic heterocycles. The molecular weight excluding hydrogens is 378 g/mol. The molecule has 1 aliphatic rings. The number of aryl methyl sites for hydroxylation is 3. The van der Waals surface area contributed by atoms with Gasteiger partial charge in [0, 0.05) is 39.4 Å². The van der Waals surface area contributed by atoms with Crippen molar-refractivity contribution in [1.82, 2.24) is 0 Å². The van der Waals surface area contributed by atoms with Crippen molar-refractivity contribution < 1.29 is 23.9 Å². The fourth-order valence-corrected chi connectivity index (χ4v) is 4.06. The van der Waals surface area contributed by atoms with Gasteiger partial charge in [0.2, 0.25) is 5.91 Å². The Balaban J connectivity index is 1.49. The van der Waals surface area contributed by atoms with Crippen molar-refractivity contribution in [3.63, 3.8) is 0 Å². The summed E-state index contributed by atoms with van der Waals surface area (Å²) in [5.74, 6) is -1.02. The normalized spacial score (nSPS) is 12.9. The Hall–Kier alpha value is -2.80. The van der Waals surface area contributed by atoms with Crippen LogP contribution >= 0.6 is 11.3 Å². The standard InChI is InChI=1S/C21H21NO5S/c1-12-9-16(13(2)28-12)18(23)6-8-21(26)27-11-19(24)15-3-5-17-14(10-15)4-7-20(25)22-17/h3,5,9-10H,4,6-8,11H2,1-2H3,(H,22,25). The molecule has 6 nitrogen and oxygen atoms in total. The van der Waals surface area contributed by atoms with Gasteiger partial charge in [-0.25, -0.2) is 0 Å². The zero-order chi connectivity index (χ0) is 20.3. The maximum absolute atomic E-state index is 12.3. The lowest BCUT2D eigenvalue weighted by molar-refractivity contribution is -0.142. The van der Waals surface area contributed by atoms with Gasteiger partial charge in [-0.1, -0.05) is 0 Å². The lowest BCUT2D eigenvalue weighted by Gasteiger charge is -2.17. The largest absolute Gasteiger partial charge is 0.457 e. The number of esters is 1. The van der Waals surface area contributed by atoms with Gasteiger partial charge in [0.1, 0.15) is 0 Å². The Morgan fingerprint density at radius 2 is 1.86 bits per heavy atom. The van der Waals surface area contributed by atoms with Crippen molar-refractivity contribution in [2.24, 2.45) is 0 Å². The molecule has 1 N–H and O–H groups in total. The quantitative estimate of drug-likeness (QED) is 0.567. The molecule has 146 valence electrons. The van der Waals surface area contributed by atoms with Crippen molar-refractivity contribution in [2.45, 2.75) is 39.5 Å². The maximum atomic E-state index is 12.3. The summed E-state index contributed by atoms with van der Waals surface area (Å²) in [6, 6.07) is 6.84. The van der Waals surface area contributed by atoms with Crippen molar-refractivity contribution in [2.75, 3.05) is 11.9 Å². The average Bonchev–Trinajstić information content (AvgIpc) is 3.01. The molecule has 0 fully saturated rings. The summed E-state index contributed by atoms with van der Waals surface area (Å²) in [5.41, 5.74) is 2.68. The molecule has 0 bridgehead atoms. The molecule has 2 heterocycles. The van der Waals surface area contributed by atoms with Gasteiger partial charge in [0.15, 0.2) is 18.2 Å². The Morgan fingerprint density at radius 1 is 1.07 bits per heavy atom. The van der Waals surface area contributed by atoms with Gasteiger partial charge in [-0.05, 0) is 50.1 Å². The zero-order valence-corrected chi connectivity index (χ0v) is 16.6. The van der Waals surface area contributed by atoms with E-state index < -0.39 is 5.97 Å². The van der Waals surface area contributed by atoms with Crippen LogP contribution in [0.4, 0.5) is 5.69 Å². The molecule has 0 radical (unpaired) electrons. The molecule has 0 unspecified atom stereocenters. The molecule has 0 spiro atoms. The van der Waals surface area contributed by atoms with Gasteiger partial charge < -0.3 is 10.1 Å². The third-order valence-electron chi connectivity index (χ3n) is 4.58. The van der Waals surface area contributed by atoms with Crippen molar-refractivity contribution in [3.8, 4) is 0 Å². The Bertz CT molecular complexity index is 960. The number of thiophene rings is 1. The van der Waals surface area contributed by atoms with E-state index in [4.69, 9.17) is 4.74 Å². The van der Waals surface area contributed by atoms with E-state index in [-0.39, 0.29) is 36.9 Å². The first kappa shape index (κ1) is 19.9. The smallest absolute Gasteiger partial charge is 0.306 e. The number of hydrogen-bond donors (Lipinski definition) is 1. The summed E-state index contributed by atoms with van der Waals surface area (Å²) in [7, 11) is 0. The number of carbonyl (C=O) groups excluding carboxylic acids is 4. The molecule has 1 aromatic carbocycles. The van der Waals surface area contributed by atoms with Crippen LogP contribution in [0.5, 0.6) is 0 Å². The molecule has 28 heavy (non-hydrogen) atoms. The van der Waals surface area contributed by atoms with Crippen LogP contribution in [0.25, 0.3) is 0 Å². The summed E-state index contributed by atoms with van der Waals surface area (Å²) in [6.07, 6.45) is 0.960. The highest BCUT2D eigenvalue weighted by Gasteiger charge is 2.18. The second-order valence-electron chi connectivity index (χ2n) is 6.75. The number of hydrogen-bond acceptors (Lipinski definition) is 6. The number of Topliss-reactive ketones (excluding diaryl/α,β-unsaturated/α-hetero) is 2.